The topological polar surface area (TPSA) is 94.1 Å². The lowest BCUT2D eigenvalue weighted by molar-refractivity contribution is -0.216. The van der Waals surface area contributed by atoms with E-state index in [-0.39, 0.29) is 29.7 Å². The van der Waals surface area contributed by atoms with Gasteiger partial charge in [-0.3, -0.25) is 9.59 Å². The van der Waals surface area contributed by atoms with E-state index in [1.54, 1.807) is 30.3 Å². The van der Waals surface area contributed by atoms with Crippen molar-refractivity contribution in [2.75, 3.05) is 20.8 Å². The monoisotopic (exact) mass is 467 g/mol. The van der Waals surface area contributed by atoms with Crippen LogP contribution in [0.1, 0.15) is 29.8 Å². The molecule has 0 saturated carbocycles. The Kier molecular flexibility index (Phi) is 6.49. The molecule has 1 unspecified atom stereocenters. The number of amides is 1. The Morgan fingerprint density at radius 3 is 2.30 bits per heavy atom. The normalized spacial score (nSPS) is 14.3. The fraction of sp³-hybridized carbons (Fsp3) is 0.391. The number of alkyl halides is 3. The number of rotatable bonds is 8. The SMILES string of the molecule is COc1ccc(-c2cccc3c2CNC3=O)c(OCC(C)(C)C(C(=O)O)C(F)(F)F)c1OC. The lowest BCUT2D eigenvalue weighted by atomic mass is 9.79. The van der Waals surface area contributed by atoms with E-state index >= 15 is 0 Å². The van der Waals surface area contributed by atoms with Crippen molar-refractivity contribution in [2.45, 2.75) is 26.6 Å². The molecule has 0 fully saturated rings. The molecular weight excluding hydrogens is 443 g/mol. The van der Waals surface area contributed by atoms with Crippen LogP contribution in [-0.2, 0) is 11.3 Å². The minimum Gasteiger partial charge on any atom is -0.493 e. The van der Waals surface area contributed by atoms with Crippen LogP contribution in [0.15, 0.2) is 30.3 Å². The second-order valence-electron chi connectivity index (χ2n) is 8.28. The van der Waals surface area contributed by atoms with Crippen LogP contribution in [0.25, 0.3) is 11.1 Å². The zero-order chi connectivity index (χ0) is 24.6. The third-order valence-corrected chi connectivity index (χ3v) is 5.58. The first-order valence-corrected chi connectivity index (χ1v) is 10.00. The highest BCUT2D eigenvalue weighted by Gasteiger charge is 2.54. The number of carbonyl (C=O) groups excluding carboxylic acids is 1. The molecule has 0 spiro atoms. The predicted octanol–water partition coefficient (Wildman–Crippen LogP) is 4.28. The molecule has 1 amide bonds. The van der Waals surface area contributed by atoms with Gasteiger partial charge in [0.25, 0.3) is 5.91 Å². The Bertz CT molecular complexity index is 1080. The molecule has 0 radical (unpaired) electrons. The summed E-state index contributed by atoms with van der Waals surface area (Å²) in [5.41, 5.74) is 0.473. The third kappa shape index (κ3) is 4.55. The van der Waals surface area contributed by atoms with Gasteiger partial charge in [0.05, 0.1) is 20.8 Å². The first-order chi connectivity index (χ1) is 15.4. The quantitative estimate of drug-likeness (QED) is 0.602. The van der Waals surface area contributed by atoms with Gasteiger partial charge < -0.3 is 24.6 Å². The fourth-order valence-corrected chi connectivity index (χ4v) is 4.02. The number of carbonyl (C=O) groups is 2. The average Bonchev–Trinajstić information content (AvgIpc) is 3.11. The highest BCUT2D eigenvalue weighted by atomic mass is 19.4. The second kappa shape index (κ2) is 8.84. The molecule has 1 heterocycles. The van der Waals surface area contributed by atoms with Gasteiger partial charge in [-0.1, -0.05) is 26.0 Å². The number of carboxylic acid groups (broad SMARTS) is 1. The highest BCUT2D eigenvalue weighted by molar-refractivity contribution is 6.01. The Morgan fingerprint density at radius 1 is 1.06 bits per heavy atom. The lowest BCUT2D eigenvalue weighted by Gasteiger charge is -2.33. The van der Waals surface area contributed by atoms with Crippen LogP contribution in [0.4, 0.5) is 13.2 Å². The van der Waals surface area contributed by atoms with E-state index in [1.165, 1.54) is 28.1 Å². The minimum absolute atomic E-state index is 0.0870. The maximum Gasteiger partial charge on any atom is 0.402 e. The Morgan fingerprint density at radius 2 is 1.73 bits per heavy atom. The number of fused-ring (bicyclic) bond motifs is 1. The largest absolute Gasteiger partial charge is 0.493 e. The molecule has 0 bridgehead atoms. The summed E-state index contributed by atoms with van der Waals surface area (Å²) in [4.78, 5) is 23.5. The van der Waals surface area contributed by atoms with Crippen molar-refractivity contribution in [1.82, 2.24) is 5.32 Å². The molecule has 2 N–H and O–H groups in total. The summed E-state index contributed by atoms with van der Waals surface area (Å²) >= 11 is 0. The zero-order valence-electron chi connectivity index (χ0n) is 18.5. The van der Waals surface area contributed by atoms with Gasteiger partial charge in [-0.15, -0.1) is 0 Å². The number of hydrogen-bond donors (Lipinski definition) is 2. The van der Waals surface area contributed by atoms with Crippen LogP contribution in [0.5, 0.6) is 17.2 Å². The van der Waals surface area contributed by atoms with E-state index in [1.807, 2.05) is 0 Å². The number of carboxylic acids is 1. The van der Waals surface area contributed by atoms with E-state index in [9.17, 15) is 27.9 Å². The van der Waals surface area contributed by atoms with Crippen LogP contribution >= 0.6 is 0 Å². The molecule has 2 aromatic carbocycles. The summed E-state index contributed by atoms with van der Waals surface area (Å²) in [6.07, 6.45) is -4.97. The first-order valence-electron chi connectivity index (χ1n) is 10.00. The van der Waals surface area contributed by atoms with E-state index in [4.69, 9.17) is 14.2 Å². The minimum atomic E-state index is -4.97. The molecule has 1 aliphatic heterocycles. The standard InChI is InChI=1S/C23H24F3NO6/c1-22(2,19(21(29)30)23(24,25)26)11-33-17-13(8-9-16(31-3)18(17)32-4)12-6-5-7-14-15(12)10-27-20(14)28/h5-9,19H,10-11H2,1-4H3,(H,27,28)(H,29,30). The highest BCUT2D eigenvalue weighted by Crippen LogP contribution is 2.48. The molecule has 0 aliphatic carbocycles. The maximum absolute atomic E-state index is 13.5. The van der Waals surface area contributed by atoms with Crippen molar-refractivity contribution in [3.05, 3.63) is 41.5 Å². The van der Waals surface area contributed by atoms with Crippen molar-refractivity contribution in [1.29, 1.82) is 0 Å². The van der Waals surface area contributed by atoms with Crippen LogP contribution in [0.2, 0.25) is 0 Å². The summed E-state index contributed by atoms with van der Waals surface area (Å²) < 4.78 is 57.0. The van der Waals surface area contributed by atoms with E-state index in [0.717, 1.165) is 0 Å². The molecule has 1 atom stereocenters. The van der Waals surface area contributed by atoms with E-state index in [0.29, 0.717) is 22.3 Å². The number of hydrogen-bond acceptors (Lipinski definition) is 5. The van der Waals surface area contributed by atoms with Crippen molar-refractivity contribution < 1.29 is 42.1 Å². The van der Waals surface area contributed by atoms with Gasteiger partial charge in [0.1, 0.15) is 0 Å². The van der Waals surface area contributed by atoms with Crippen molar-refractivity contribution in [3.63, 3.8) is 0 Å². The number of aliphatic carboxylic acids is 1. The number of halogens is 3. The molecule has 33 heavy (non-hydrogen) atoms. The van der Waals surface area contributed by atoms with E-state index < -0.39 is 30.1 Å². The summed E-state index contributed by atoms with van der Waals surface area (Å²) in [7, 11) is 2.76. The Labute approximate surface area is 188 Å². The third-order valence-electron chi connectivity index (χ3n) is 5.58. The lowest BCUT2D eigenvalue weighted by Crippen LogP contribution is -2.45. The number of ether oxygens (including phenoxy) is 3. The summed E-state index contributed by atoms with van der Waals surface area (Å²) in [6.45, 7) is 2.05. The maximum atomic E-state index is 13.5. The van der Waals surface area contributed by atoms with Gasteiger partial charge >= 0.3 is 12.1 Å². The van der Waals surface area contributed by atoms with Crippen molar-refractivity contribution in [2.24, 2.45) is 11.3 Å². The van der Waals surface area contributed by atoms with Gasteiger partial charge in [-0.05, 0) is 29.3 Å². The molecular formula is C23H24F3NO6. The number of benzene rings is 2. The smallest absolute Gasteiger partial charge is 0.402 e. The van der Waals surface area contributed by atoms with E-state index in [2.05, 4.69) is 5.32 Å². The van der Waals surface area contributed by atoms with Gasteiger partial charge in [0, 0.05) is 23.1 Å². The van der Waals surface area contributed by atoms with Gasteiger partial charge in [0.15, 0.2) is 17.4 Å². The van der Waals surface area contributed by atoms with Crippen molar-refractivity contribution >= 4 is 11.9 Å². The van der Waals surface area contributed by atoms with Gasteiger partial charge in [0.2, 0.25) is 5.75 Å². The number of methoxy groups -OCH3 is 2. The van der Waals surface area contributed by atoms with Crippen LogP contribution < -0.4 is 19.5 Å². The first kappa shape index (κ1) is 24.2. The zero-order valence-corrected chi connectivity index (χ0v) is 18.5. The molecule has 178 valence electrons. The van der Waals surface area contributed by atoms with Gasteiger partial charge in [-0.2, -0.15) is 13.2 Å². The Hall–Kier alpha value is -3.43. The molecule has 0 saturated heterocycles. The fourth-order valence-electron chi connectivity index (χ4n) is 4.02. The molecule has 1 aliphatic rings. The molecule has 10 heteroatoms. The second-order valence-corrected chi connectivity index (χ2v) is 8.28. The summed E-state index contributed by atoms with van der Waals surface area (Å²) in [5, 5.41) is 12.0. The van der Waals surface area contributed by atoms with Crippen LogP contribution in [0, 0.1) is 11.3 Å². The summed E-state index contributed by atoms with van der Waals surface area (Å²) in [6, 6.07) is 8.39. The molecule has 0 aromatic heterocycles. The predicted molar refractivity (Wildman–Crippen MR) is 113 cm³/mol. The summed E-state index contributed by atoms with van der Waals surface area (Å²) in [5.74, 6) is -4.36. The average molecular weight is 467 g/mol. The van der Waals surface area contributed by atoms with Gasteiger partial charge in [-0.25, -0.2) is 0 Å². The number of nitrogens with one attached hydrogen (secondary N) is 1. The molecule has 7 nitrogen and oxygen atoms in total. The molecule has 2 aromatic rings. The molecule has 3 rings (SSSR count). The van der Waals surface area contributed by atoms with Crippen molar-refractivity contribution in [3.8, 4) is 28.4 Å². The van der Waals surface area contributed by atoms with Crippen LogP contribution in [0.3, 0.4) is 0 Å². The Balaban J connectivity index is 2.10. The van der Waals surface area contributed by atoms with Crippen LogP contribution in [-0.4, -0.2) is 44.0 Å².